The maximum Gasteiger partial charge on any atom is 0.407 e. The standard InChI is InChI=1S/C18H31N3O6/c1-5-8-19-15(22)13-26-14-16(23)20-9-6-11-25-12-7-10-21-17(24)27-18(2,3)4/h1H,6-14H2,2-4H3,(H,19,22)(H,20,23)(H,21,24). The zero-order chi connectivity index (χ0) is 20.5. The SMILES string of the molecule is C#CCNC(=O)COCC(=O)NCCCOCCCNC(=O)OC(C)(C)C. The maximum absolute atomic E-state index is 11.5. The van der Waals surface area contributed by atoms with Crippen LogP contribution in [0.25, 0.3) is 0 Å². The van der Waals surface area contributed by atoms with E-state index < -0.39 is 11.7 Å². The lowest BCUT2D eigenvalue weighted by atomic mass is 10.2. The first-order valence-corrected chi connectivity index (χ1v) is 8.84. The molecule has 0 spiro atoms. The molecule has 0 aromatic heterocycles. The number of rotatable bonds is 13. The van der Waals surface area contributed by atoms with E-state index in [0.717, 1.165) is 0 Å². The van der Waals surface area contributed by atoms with E-state index >= 15 is 0 Å². The van der Waals surface area contributed by atoms with Crippen molar-refractivity contribution in [2.45, 2.75) is 39.2 Å². The second kappa shape index (κ2) is 14.8. The summed E-state index contributed by atoms with van der Waals surface area (Å²) in [6.45, 7) is 7.04. The van der Waals surface area contributed by atoms with Gasteiger partial charge in [0.2, 0.25) is 11.8 Å². The van der Waals surface area contributed by atoms with Crippen LogP contribution in [0.2, 0.25) is 0 Å². The summed E-state index contributed by atoms with van der Waals surface area (Å²) in [5.41, 5.74) is -0.509. The van der Waals surface area contributed by atoms with E-state index in [2.05, 4.69) is 21.9 Å². The van der Waals surface area contributed by atoms with Gasteiger partial charge in [-0.15, -0.1) is 6.42 Å². The van der Waals surface area contributed by atoms with Crippen LogP contribution in [-0.4, -0.2) is 69.6 Å². The minimum atomic E-state index is -0.509. The summed E-state index contributed by atoms with van der Waals surface area (Å²) < 4.78 is 15.5. The molecule has 0 aliphatic heterocycles. The number of hydrogen-bond acceptors (Lipinski definition) is 6. The number of nitrogens with one attached hydrogen (secondary N) is 3. The lowest BCUT2D eigenvalue weighted by Gasteiger charge is -2.19. The van der Waals surface area contributed by atoms with E-state index in [9.17, 15) is 14.4 Å². The van der Waals surface area contributed by atoms with Crippen molar-refractivity contribution in [3.05, 3.63) is 0 Å². The second-order valence-corrected chi connectivity index (χ2v) is 6.57. The van der Waals surface area contributed by atoms with Crippen LogP contribution in [0.15, 0.2) is 0 Å². The zero-order valence-electron chi connectivity index (χ0n) is 16.4. The Morgan fingerprint density at radius 2 is 1.44 bits per heavy atom. The number of amides is 3. The van der Waals surface area contributed by atoms with Gasteiger partial charge < -0.3 is 30.2 Å². The molecule has 0 unspecified atom stereocenters. The van der Waals surface area contributed by atoms with Gasteiger partial charge >= 0.3 is 6.09 Å². The van der Waals surface area contributed by atoms with E-state index in [1.165, 1.54) is 0 Å². The molecular formula is C18H31N3O6. The van der Waals surface area contributed by atoms with Crippen LogP contribution in [0.1, 0.15) is 33.6 Å². The first-order valence-electron chi connectivity index (χ1n) is 8.84. The van der Waals surface area contributed by atoms with Crippen molar-refractivity contribution in [3.8, 4) is 12.3 Å². The molecule has 0 heterocycles. The quantitative estimate of drug-likeness (QED) is 0.308. The molecule has 0 aromatic carbocycles. The normalized spacial score (nSPS) is 10.6. The van der Waals surface area contributed by atoms with Crippen LogP contribution in [0, 0.1) is 12.3 Å². The van der Waals surface area contributed by atoms with Gasteiger partial charge in [0.15, 0.2) is 0 Å². The molecule has 0 aromatic rings. The van der Waals surface area contributed by atoms with Crippen LogP contribution in [0.5, 0.6) is 0 Å². The van der Waals surface area contributed by atoms with Crippen molar-refractivity contribution in [2.75, 3.05) is 46.1 Å². The molecule has 0 fully saturated rings. The Morgan fingerprint density at radius 1 is 0.889 bits per heavy atom. The molecule has 9 nitrogen and oxygen atoms in total. The minimum Gasteiger partial charge on any atom is -0.444 e. The third-order valence-electron chi connectivity index (χ3n) is 2.78. The van der Waals surface area contributed by atoms with E-state index in [1.54, 1.807) is 20.8 Å². The van der Waals surface area contributed by atoms with Gasteiger partial charge in [0.05, 0.1) is 6.54 Å². The molecule has 0 saturated carbocycles. The fraction of sp³-hybridized carbons (Fsp3) is 0.722. The summed E-state index contributed by atoms with van der Waals surface area (Å²) in [4.78, 5) is 34.1. The average Bonchev–Trinajstić information content (AvgIpc) is 2.56. The Kier molecular flexibility index (Phi) is 13.5. The lowest BCUT2D eigenvalue weighted by Crippen LogP contribution is -2.33. The predicted molar refractivity (Wildman–Crippen MR) is 100.0 cm³/mol. The Bertz CT molecular complexity index is 496. The van der Waals surface area contributed by atoms with Crippen LogP contribution in [-0.2, 0) is 23.8 Å². The lowest BCUT2D eigenvalue weighted by molar-refractivity contribution is -0.130. The summed E-state index contributed by atoms with van der Waals surface area (Å²) >= 11 is 0. The van der Waals surface area contributed by atoms with Crippen molar-refractivity contribution in [1.29, 1.82) is 0 Å². The Hall–Kier alpha value is -2.31. The van der Waals surface area contributed by atoms with Crippen molar-refractivity contribution >= 4 is 17.9 Å². The van der Waals surface area contributed by atoms with Gasteiger partial charge in [0.25, 0.3) is 0 Å². The summed E-state index contributed by atoms with van der Waals surface area (Å²) in [7, 11) is 0. The topological polar surface area (TPSA) is 115 Å². The summed E-state index contributed by atoms with van der Waals surface area (Å²) in [6.07, 6.45) is 5.87. The highest BCUT2D eigenvalue weighted by Crippen LogP contribution is 2.06. The maximum atomic E-state index is 11.5. The summed E-state index contributed by atoms with van der Waals surface area (Å²) in [5, 5.41) is 7.73. The predicted octanol–water partition coefficient (Wildman–Crippen LogP) is 0.190. The zero-order valence-corrected chi connectivity index (χ0v) is 16.4. The largest absolute Gasteiger partial charge is 0.444 e. The Morgan fingerprint density at radius 3 is 2.00 bits per heavy atom. The smallest absolute Gasteiger partial charge is 0.407 e. The summed E-state index contributed by atoms with van der Waals surface area (Å²) in [5.74, 6) is 1.59. The first kappa shape index (κ1) is 24.7. The molecule has 0 bridgehead atoms. The number of hydrogen-bond donors (Lipinski definition) is 3. The number of carbonyl (C=O) groups excluding carboxylic acids is 3. The fourth-order valence-electron chi connectivity index (χ4n) is 1.67. The summed E-state index contributed by atoms with van der Waals surface area (Å²) in [6, 6.07) is 0. The molecule has 3 N–H and O–H groups in total. The number of ether oxygens (including phenoxy) is 3. The van der Waals surface area contributed by atoms with E-state index in [-0.39, 0.29) is 31.6 Å². The van der Waals surface area contributed by atoms with Gasteiger partial charge in [-0.1, -0.05) is 5.92 Å². The molecule has 0 saturated heterocycles. The molecule has 0 radical (unpaired) electrons. The highest BCUT2D eigenvalue weighted by atomic mass is 16.6. The monoisotopic (exact) mass is 385 g/mol. The molecule has 0 rings (SSSR count). The highest BCUT2D eigenvalue weighted by molar-refractivity contribution is 5.79. The molecule has 0 aliphatic carbocycles. The number of carbonyl (C=O) groups is 3. The molecule has 27 heavy (non-hydrogen) atoms. The van der Waals surface area contributed by atoms with Crippen LogP contribution in [0.4, 0.5) is 4.79 Å². The van der Waals surface area contributed by atoms with Crippen molar-refractivity contribution in [3.63, 3.8) is 0 Å². The third kappa shape index (κ3) is 18.3. The van der Waals surface area contributed by atoms with Crippen LogP contribution in [0.3, 0.4) is 0 Å². The van der Waals surface area contributed by atoms with Crippen molar-refractivity contribution in [1.82, 2.24) is 16.0 Å². The highest BCUT2D eigenvalue weighted by Gasteiger charge is 2.15. The van der Waals surface area contributed by atoms with Crippen molar-refractivity contribution in [2.24, 2.45) is 0 Å². The van der Waals surface area contributed by atoms with Gasteiger partial charge in [-0.3, -0.25) is 9.59 Å². The Labute approximate surface area is 160 Å². The first-order chi connectivity index (χ1) is 12.7. The van der Waals surface area contributed by atoms with Gasteiger partial charge in [0.1, 0.15) is 18.8 Å². The number of terminal acetylenes is 1. The van der Waals surface area contributed by atoms with Crippen LogP contribution < -0.4 is 16.0 Å². The van der Waals surface area contributed by atoms with Gasteiger partial charge in [-0.2, -0.15) is 0 Å². The number of alkyl carbamates (subject to hydrolysis) is 1. The molecular weight excluding hydrogens is 354 g/mol. The van der Waals surface area contributed by atoms with Gasteiger partial charge in [-0.25, -0.2) is 4.79 Å². The molecule has 0 atom stereocenters. The van der Waals surface area contributed by atoms with E-state index in [0.29, 0.717) is 39.1 Å². The molecule has 9 heteroatoms. The fourth-order valence-corrected chi connectivity index (χ4v) is 1.67. The van der Waals surface area contributed by atoms with Crippen molar-refractivity contribution < 1.29 is 28.6 Å². The Balaban J connectivity index is 3.41. The third-order valence-corrected chi connectivity index (χ3v) is 2.78. The molecule has 3 amide bonds. The van der Waals surface area contributed by atoms with Crippen LogP contribution >= 0.6 is 0 Å². The van der Waals surface area contributed by atoms with E-state index in [4.69, 9.17) is 20.6 Å². The molecule has 0 aliphatic rings. The van der Waals surface area contributed by atoms with Gasteiger partial charge in [0, 0.05) is 26.3 Å². The molecule has 154 valence electrons. The van der Waals surface area contributed by atoms with E-state index in [1.807, 2.05) is 0 Å². The second-order valence-electron chi connectivity index (χ2n) is 6.57. The minimum absolute atomic E-state index is 0.130. The van der Waals surface area contributed by atoms with Gasteiger partial charge in [-0.05, 0) is 33.6 Å². The average molecular weight is 385 g/mol.